The molecular formula is C16H21N5. The van der Waals surface area contributed by atoms with Crippen molar-refractivity contribution in [2.75, 3.05) is 5.73 Å². The van der Waals surface area contributed by atoms with Crippen LogP contribution in [-0.2, 0) is 19.4 Å². The maximum Gasteiger partial charge on any atom is 0.149 e. The highest BCUT2D eigenvalue weighted by atomic mass is 15.3. The number of nitrogens with two attached hydrogens (primary N) is 1. The number of nitrogens with zero attached hydrogens (tertiary/aromatic N) is 3. The van der Waals surface area contributed by atoms with E-state index in [0.29, 0.717) is 6.04 Å². The number of aromatic nitrogens is 3. The molecule has 0 fully saturated rings. The van der Waals surface area contributed by atoms with E-state index in [2.05, 4.69) is 39.1 Å². The van der Waals surface area contributed by atoms with Gasteiger partial charge in [0, 0.05) is 24.7 Å². The summed E-state index contributed by atoms with van der Waals surface area (Å²) in [7, 11) is 0. The van der Waals surface area contributed by atoms with Crippen molar-refractivity contribution in [3.8, 4) is 0 Å². The van der Waals surface area contributed by atoms with Gasteiger partial charge in [0.05, 0.1) is 6.04 Å². The highest BCUT2D eigenvalue weighted by Crippen LogP contribution is 2.34. The molecule has 5 heteroatoms. The first-order valence-corrected chi connectivity index (χ1v) is 7.78. The molecule has 2 atom stereocenters. The Morgan fingerprint density at radius 3 is 3.14 bits per heavy atom. The first-order valence-electron chi connectivity index (χ1n) is 7.78. The zero-order valence-corrected chi connectivity index (χ0v) is 12.3. The Bertz CT molecular complexity index is 675. The largest absolute Gasteiger partial charge is 0.399 e. The van der Waals surface area contributed by atoms with Gasteiger partial charge in [-0.3, -0.25) is 0 Å². The molecule has 2 aromatic rings. The summed E-state index contributed by atoms with van der Waals surface area (Å²) < 4.78 is 2.27. The van der Waals surface area contributed by atoms with Gasteiger partial charge in [-0.15, -0.1) is 10.2 Å². The van der Waals surface area contributed by atoms with Crippen LogP contribution < -0.4 is 11.1 Å². The lowest BCUT2D eigenvalue weighted by atomic mass is 10.1. The van der Waals surface area contributed by atoms with Crippen LogP contribution in [0.5, 0.6) is 0 Å². The van der Waals surface area contributed by atoms with Crippen molar-refractivity contribution in [3.63, 3.8) is 0 Å². The predicted octanol–water partition coefficient (Wildman–Crippen LogP) is 2.14. The SMILES string of the molecule is CC(NC1CCc2cc(N)ccc21)c1nnc2n1CCC2. The molecule has 2 aliphatic rings. The van der Waals surface area contributed by atoms with Crippen LogP contribution in [0.25, 0.3) is 0 Å². The van der Waals surface area contributed by atoms with Crippen LogP contribution in [0.4, 0.5) is 5.69 Å². The van der Waals surface area contributed by atoms with E-state index in [-0.39, 0.29) is 6.04 Å². The Morgan fingerprint density at radius 2 is 2.24 bits per heavy atom. The van der Waals surface area contributed by atoms with E-state index in [0.717, 1.165) is 43.1 Å². The molecule has 1 aromatic carbocycles. The molecule has 0 saturated carbocycles. The fraction of sp³-hybridized carbons (Fsp3) is 0.500. The Labute approximate surface area is 124 Å². The molecule has 0 bridgehead atoms. The van der Waals surface area contributed by atoms with Crippen LogP contribution in [0, 0.1) is 0 Å². The van der Waals surface area contributed by atoms with Crippen molar-refractivity contribution in [2.45, 2.75) is 51.2 Å². The number of benzene rings is 1. The number of nitrogen functional groups attached to an aromatic ring is 1. The summed E-state index contributed by atoms with van der Waals surface area (Å²) in [5.74, 6) is 2.21. The van der Waals surface area contributed by atoms with Crippen molar-refractivity contribution in [1.82, 2.24) is 20.1 Å². The quantitative estimate of drug-likeness (QED) is 0.847. The summed E-state index contributed by atoms with van der Waals surface area (Å²) in [5.41, 5.74) is 9.50. The third kappa shape index (κ3) is 2.12. The number of nitrogens with one attached hydrogen (secondary N) is 1. The summed E-state index contributed by atoms with van der Waals surface area (Å²) in [6.07, 6.45) is 4.48. The van der Waals surface area contributed by atoms with Gasteiger partial charge in [-0.05, 0) is 49.4 Å². The third-order valence-electron chi connectivity index (χ3n) is 4.72. The number of aryl methyl sites for hydroxylation is 2. The van der Waals surface area contributed by atoms with Gasteiger partial charge in [0.25, 0.3) is 0 Å². The minimum Gasteiger partial charge on any atom is -0.399 e. The van der Waals surface area contributed by atoms with Crippen LogP contribution in [0.2, 0.25) is 0 Å². The molecule has 3 N–H and O–H groups in total. The molecule has 0 saturated heterocycles. The molecular weight excluding hydrogens is 262 g/mol. The Balaban J connectivity index is 1.55. The van der Waals surface area contributed by atoms with E-state index < -0.39 is 0 Å². The van der Waals surface area contributed by atoms with E-state index >= 15 is 0 Å². The minimum absolute atomic E-state index is 0.220. The zero-order valence-electron chi connectivity index (χ0n) is 12.3. The van der Waals surface area contributed by atoms with Crippen molar-refractivity contribution in [3.05, 3.63) is 41.0 Å². The lowest BCUT2D eigenvalue weighted by molar-refractivity contribution is 0.437. The van der Waals surface area contributed by atoms with Gasteiger partial charge in [-0.2, -0.15) is 0 Å². The topological polar surface area (TPSA) is 68.8 Å². The van der Waals surface area contributed by atoms with Crippen molar-refractivity contribution in [2.24, 2.45) is 0 Å². The van der Waals surface area contributed by atoms with Gasteiger partial charge in [-0.25, -0.2) is 0 Å². The van der Waals surface area contributed by atoms with E-state index in [1.54, 1.807) is 0 Å². The van der Waals surface area contributed by atoms with E-state index in [9.17, 15) is 0 Å². The van der Waals surface area contributed by atoms with Gasteiger partial charge >= 0.3 is 0 Å². The van der Waals surface area contributed by atoms with Crippen molar-refractivity contribution >= 4 is 5.69 Å². The third-order valence-corrected chi connectivity index (χ3v) is 4.72. The van der Waals surface area contributed by atoms with Gasteiger partial charge in [0.1, 0.15) is 11.6 Å². The number of anilines is 1. The lowest BCUT2D eigenvalue weighted by Gasteiger charge is -2.20. The summed E-state index contributed by atoms with van der Waals surface area (Å²) in [6, 6.07) is 6.88. The molecule has 2 unspecified atom stereocenters. The van der Waals surface area contributed by atoms with Gasteiger partial charge in [0.2, 0.25) is 0 Å². The van der Waals surface area contributed by atoms with Gasteiger partial charge in [0.15, 0.2) is 0 Å². The molecule has 1 aliphatic heterocycles. The van der Waals surface area contributed by atoms with Crippen LogP contribution in [0.3, 0.4) is 0 Å². The molecule has 1 aliphatic carbocycles. The first-order chi connectivity index (χ1) is 10.2. The maximum atomic E-state index is 5.87. The molecule has 21 heavy (non-hydrogen) atoms. The highest BCUT2D eigenvalue weighted by molar-refractivity contribution is 5.47. The second-order valence-electron chi connectivity index (χ2n) is 6.17. The Morgan fingerprint density at radius 1 is 1.33 bits per heavy atom. The molecule has 2 heterocycles. The molecule has 4 rings (SSSR count). The molecule has 5 nitrogen and oxygen atoms in total. The summed E-state index contributed by atoms with van der Waals surface area (Å²) in [5, 5.41) is 12.4. The maximum absolute atomic E-state index is 5.87. The monoisotopic (exact) mass is 283 g/mol. The summed E-state index contributed by atoms with van der Waals surface area (Å²) >= 11 is 0. The average Bonchev–Trinajstić information content (AvgIpc) is 3.13. The smallest absolute Gasteiger partial charge is 0.149 e. The summed E-state index contributed by atoms with van der Waals surface area (Å²) in [6.45, 7) is 3.24. The number of fused-ring (bicyclic) bond motifs is 2. The van der Waals surface area contributed by atoms with Crippen LogP contribution >= 0.6 is 0 Å². The van der Waals surface area contributed by atoms with Gasteiger partial charge < -0.3 is 15.6 Å². The fourth-order valence-corrected chi connectivity index (χ4v) is 3.68. The second kappa shape index (κ2) is 4.84. The molecule has 0 radical (unpaired) electrons. The normalized spacial score (nSPS) is 21.3. The first kappa shape index (κ1) is 12.8. The van der Waals surface area contributed by atoms with Crippen LogP contribution in [-0.4, -0.2) is 14.8 Å². The Hall–Kier alpha value is -1.88. The molecule has 1 aromatic heterocycles. The number of rotatable bonds is 3. The number of hydrogen-bond acceptors (Lipinski definition) is 4. The van der Waals surface area contributed by atoms with Crippen LogP contribution in [0.1, 0.15) is 54.6 Å². The minimum atomic E-state index is 0.220. The zero-order chi connectivity index (χ0) is 14.4. The highest BCUT2D eigenvalue weighted by Gasteiger charge is 2.27. The standard InChI is InChI=1S/C16H21N5/c1-10(16-20-19-15-3-2-8-21(15)16)18-14-7-4-11-9-12(17)5-6-13(11)14/h5-6,9-10,14,18H,2-4,7-8,17H2,1H3. The number of hydrogen-bond donors (Lipinski definition) is 2. The second-order valence-corrected chi connectivity index (χ2v) is 6.17. The fourth-order valence-electron chi connectivity index (χ4n) is 3.68. The predicted molar refractivity (Wildman–Crippen MR) is 81.8 cm³/mol. The average molecular weight is 283 g/mol. The van der Waals surface area contributed by atoms with E-state index in [1.165, 1.54) is 17.5 Å². The van der Waals surface area contributed by atoms with Gasteiger partial charge in [-0.1, -0.05) is 6.07 Å². The molecule has 110 valence electrons. The van der Waals surface area contributed by atoms with Crippen LogP contribution in [0.15, 0.2) is 18.2 Å². The van der Waals surface area contributed by atoms with E-state index in [1.807, 2.05) is 6.07 Å². The summed E-state index contributed by atoms with van der Waals surface area (Å²) in [4.78, 5) is 0. The lowest BCUT2D eigenvalue weighted by Crippen LogP contribution is -2.25. The van der Waals surface area contributed by atoms with E-state index in [4.69, 9.17) is 5.73 Å². The Kier molecular flexibility index (Phi) is 2.96. The van der Waals surface area contributed by atoms with Crippen molar-refractivity contribution < 1.29 is 0 Å². The molecule has 0 amide bonds. The van der Waals surface area contributed by atoms with Crippen molar-refractivity contribution in [1.29, 1.82) is 0 Å². The molecule has 0 spiro atoms.